The Morgan fingerprint density at radius 2 is 1.71 bits per heavy atom. The molecule has 0 aromatic heterocycles. The maximum atomic E-state index is 14.0. The summed E-state index contributed by atoms with van der Waals surface area (Å²) < 4.78 is 115. The number of hydrogen-bond acceptors (Lipinski definition) is 4. The maximum absolute atomic E-state index is 14.0. The van der Waals surface area contributed by atoms with Crippen molar-refractivity contribution in [1.82, 2.24) is 0 Å². The van der Waals surface area contributed by atoms with Crippen LogP contribution in [0.2, 0.25) is 0 Å². The van der Waals surface area contributed by atoms with Crippen LogP contribution in [0.1, 0.15) is 113 Å². The highest BCUT2D eigenvalue weighted by molar-refractivity contribution is 5.26. The molecular formula is C32H49F5O4. The van der Waals surface area contributed by atoms with Gasteiger partial charge in [0.25, 0.3) is 5.92 Å². The second kappa shape index (κ2) is 12.7. The Hall–Kier alpha value is -1.29. The molecule has 0 radical (unpaired) electrons. The molecule has 0 spiro atoms. The van der Waals surface area contributed by atoms with Crippen molar-refractivity contribution in [2.45, 2.75) is 140 Å². The van der Waals surface area contributed by atoms with E-state index in [0.717, 1.165) is 42.9 Å². The summed E-state index contributed by atoms with van der Waals surface area (Å²) in [5.74, 6) is -5.12. The zero-order valence-electron chi connectivity index (χ0n) is 29.9. The molecule has 41 heavy (non-hydrogen) atoms. The fourth-order valence-corrected chi connectivity index (χ4v) is 7.59. The third kappa shape index (κ3) is 8.21. The van der Waals surface area contributed by atoms with E-state index in [0.29, 0.717) is 25.7 Å². The van der Waals surface area contributed by atoms with Crippen LogP contribution in [-0.4, -0.2) is 55.9 Å². The van der Waals surface area contributed by atoms with Crippen LogP contribution < -0.4 is 0 Å². The third-order valence-corrected chi connectivity index (χ3v) is 9.69. The molecule has 7 atom stereocenters. The van der Waals surface area contributed by atoms with E-state index in [1.807, 2.05) is 12.2 Å². The number of hydrogen-bond donors (Lipinski definition) is 4. The van der Waals surface area contributed by atoms with Gasteiger partial charge in [-0.15, -0.1) is 0 Å². The van der Waals surface area contributed by atoms with Crippen molar-refractivity contribution >= 4 is 0 Å². The Kier molecular flexibility index (Phi) is 8.13. The van der Waals surface area contributed by atoms with Gasteiger partial charge in [0, 0.05) is 15.1 Å². The Balaban J connectivity index is 1.93. The summed E-state index contributed by atoms with van der Waals surface area (Å²) >= 11 is 0. The van der Waals surface area contributed by atoms with Crippen LogP contribution in [0.25, 0.3) is 0 Å². The minimum Gasteiger partial charge on any atom is -0.393 e. The average Bonchev–Trinajstić information content (AvgIpc) is 3.25. The van der Waals surface area contributed by atoms with Crippen LogP contribution >= 0.6 is 0 Å². The summed E-state index contributed by atoms with van der Waals surface area (Å²) in [6.07, 6.45) is 2.18. The Labute approximate surface area is 249 Å². The molecule has 236 valence electrons. The number of halogens is 5. The van der Waals surface area contributed by atoms with Crippen molar-refractivity contribution in [2.75, 3.05) is 0 Å². The van der Waals surface area contributed by atoms with E-state index in [-0.39, 0.29) is 49.5 Å². The first-order valence-corrected chi connectivity index (χ1v) is 14.6. The first kappa shape index (κ1) is 26.1. The zero-order valence-corrected chi connectivity index (χ0v) is 23.9. The second-order valence-corrected chi connectivity index (χ2v) is 12.9. The van der Waals surface area contributed by atoms with Crippen molar-refractivity contribution in [3.63, 3.8) is 0 Å². The molecule has 0 aliphatic heterocycles. The number of allylic oxidation sites excluding steroid dienone is 4. The molecule has 3 fully saturated rings. The fourth-order valence-electron chi connectivity index (χ4n) is 7.59. The number of alkyl halides is 5. The summed E-state index contributed by atoms with van der Waals surface area (Å²) in [4.78, 5) is 0. The van der Waals surface area contributed by atoms with Gasteiger partial charge in [-0.25, -0.2) is 8.78 Å². The first-order chi connectivity index (χ1) is 21.3. The molecule has 0 amide bonds. The molecule has 0 heterocycles. The quantitative estimate of drug-likeness (QED) is 0.156. The molecular weight excluding hydrogens is 543 g/mol. The fraction of sp³-hybridized carbons (Fsp3) is 0.812. The van der Waals surface area contributed by atoms with Gasteiger partial charge >= 0.3 is 6.18 Å². The summed E-state index contributed by atoms with van der Waals surface area (Å²) in [5, 5.41) is 40.9. The molecule has 0 bridgehead atoms. The summed E-state index contributed by atoms with van der Waals surface area (Å²) in [6.45, 7) is -4.42. The van der Waals surface area contributed by atoms with Crippen LogP contribution in [-0.2, 0) is 0 Å². The lowest BCUT2D eigenvalue weighted by molar-refractivity contribution is -0.305. The van der Waals surface area contributed by atoms with Gasteiger partial charge < -0.3 is 20.4 Å². The van der Waals surface area contributed by atoms with Gasteiger partial charge in [0.05, 0.1) is 17.8 Å². The SMILES string of the molecule is [2H]C([2H])([2H])C(O)(CCC[C@H](C/C=C/C(O)(C(C)(F)F)C(F)(F)F)[C@H]1CC[C@H]2/C(=C/C=C3C[C@@H](O)C[C@H](O)C3)CCC[C@]12C)C([2H])([2H])[2H]. The average molecular weight is 599 g/mol. The van der Waals surface area contributed by atoms with E-state index < -0.39 is 61.6 Å². The highest BCUT2D eigenvalue weighted by Crippen LogP contribution is 2.60. The third-order valence-electron chi connectivity index (χ3n) is 9.69. The number of fused-ring (bicyclic) bond motifs is 1. The summed E-state index contributed by atoms with van der Waals surface area (Å²) in [5.41, 5.74) is -5.71. The molecule has 1 unspecified atom stereocenters. The van der Waals surface area contributed by atoms with Gasteiger partial charge in [-0.2, -0.15) is 13.2 Å². The van der Waals surface area contributed by atoms with Crippen LogP contribution in [0.3, 0.4) is 0 Å². The van der Waals surface area contributed by atoms with Gasteiger partial charge in [0.2, 0.25) is 5.60 Å². The number of aliphatic hydroxyl groups excluding tert-OH is 2. The van der Waals surface area contributed by atoms with Gasteiger partial charge in [-0.05, 0) is 114 Å². The molecule has 3 aliphatic rings. The van der Waals surface area contributed by atoms with Crippen LogP contribution in [0, 0.1) is 23.2 Å². The van der Waals surface area contributed by atoms with Gasteiger partial charge in [-0.1, -0.05) is 42.7 Å². The first-order valence-electron chi connectivity index (χ1n) is 17.6. The Morgan fingerprint density at radius 3 is 2.29 bits per heavy atom. The molecule has 4 nitrogen and oxygen atoms in total. The molecule has 0 aromatic carbocycles. The zero-order chi connectivity index (χ0) is 35.9. The van der Waals surface area contributed by atoms with Crippen molar-refractivity contribution in [1.29, 1.82) is 0 Å². The van der Waals surface area contributed by atoms with Crippen LogP contribution in [0.4, 0.5) is 22.0 Å². The summed E-state index contributed by atoms with van der Waals surface area (Å²) in [7, 11) is 0. The summed E-state index contributed by atoms with van der Waals surface area (Å²) in [6, 6.07) is 0. The van der Waals surface area contributed by atoms with Crippen molar-refractivity contribution in [3.05, 3.63) is 35.5 Å². The lowest BCUT2D eigenvalue weighted by Gasteiger charge is -2.45. The van der Waals surface area contributed by atoms with E-state index in [2.05, 4.69) is 6.92 Å². The lowest BCUT2D eigenvalue weighted by Crippen LogP contribution is -2.56. The minimum atomic E-state index is -5.67. The van der Waals surface area contributed by atoms with Crippen molar-refractivity contribution in [2.24, 2.45) is 23.2 Å². The number of aliphatic hydroxyl groups is 4. The predicted octanol–water partition coefficient (Wildman–Crippen LogP) is 7.41. The highest BCUT2D eigenvalue weighted by Gasteiger charge is 2.65. The molecule has 9 heteroatoms. The van der Waals surface area contributed by atoms with Gasteiger partial charge in [-0.3, -0.25) is 0 Å². The van der Waals surface area contributed by atoms with E-state index in [9.17, 15) is 42.4 Å². The second-order valence-electron chi connectivity index (χ2n) is 12.9. The van der Waals surface area contributed by atoms with E-state index >= 15 is 0 Å². The van der Waals surface area contributed by atoms with Crippen LogP contribution in [0.15, 0.2) is 35.5 Å². The molecule has 0 saturated heterocycles. The highest BCUT2D eigenvalue weighted by atomic mass is 19.4. The smallest absolute Gasteiger partial charge is 0.393 e. The largest absolute Gasteiger partial charge is 0.426 e. The van der Waals surface area contributed by atoms with Gasteiger partial charge in [0.15, 0.2) is 0 Å². The van der Waals surface area contributed by atoms with Crippen LogP contribution in [0.5, 0.6) is 0 Å². The Morgan fingerprint density at radius 1 is 1.05 bits per heavy atom. The predicted molar refractivity (Wildman–Crippen MR) is 149 cm³/mol. The van der Waals surface area contributed by atoms with Crippen molar-refractivity contribution < 1.29 is 50.6 Å². The maximum Gasteiger partial charge on any atom is 0.426 e. The monoisotopic (exact) mass is 598 g/mol. The van der Waals surface area contributed by atoms with E-state index in [1.54, 1.807) is 0 Å². The van der Waals surface area contributed by atoms with E-state index in [1.165, 1.54) is 0 Å². The standard InChI is InChI=1S/C32H49F5O4/c1-28(2,40)15-5-8-22(10-7-17-31(41,30(4,33)34)32(35,36)37)26-13-14-27-23(9-6-16-29(26,27)3)12-11-21-18-24(38)20-25(39)19-21/h7,11-12,17,22,24-27,38-41H,5-6,8-10,13-16,18-20H2,1-4H3/b17-7+,23-12+/t22-,24-,25-,26-,27+,29-,31?/m1/s1/i1D3,2D3. The lowest BCUT2D eigenvalue weighted by atomic mass is 9.60. The number of rotatable bonds is 10. The minimum absolute atomic E-state index is 0.0185. The molecule has 4 N–H and O–H groups in total. The Bertz CT molecular complexity index is 1140. The van der Waals surface area contributed by atoms with E-state index in [4.69, 9.17) is 8.22 Å². The molecule has 3 aliphatic carbocycles. The van der Waals surface area contributed by atoms with Crippen molar-refractivity contribution in [3.8, 4) is 0 Å². The normalized spacial score (nSPS) is 36.0. The molecule has 0 aromatic rings. The van der Waals surface area contributed by atoms with Gasteiger partial charge in [0.1, 0.15) is 0 Å². The topological polar surface area (TPSA) is 80.9 Å². The molecule has 3 saturated carbocycles. The molecule has 3 rings (SSSR count).